The average molecular weight is 252 g/mol. The van der Waals surface area contributed by atoms with Gasteiger partial charge in [0.25, 0.3) is 0 Å². The largest absolute Gasteiger partial charge is 0.306 e. The van der Waals surface area contributed by atoms with Crippen LogP contribution < -0.4 is 0 Å². The maximum absolute atomic E-state index is 10.7. The number of hydrogen-bond acceptors (Lipinski definition) is 4. The third-order valence-corrected chi connectivity index (χ3v) is 3.47. The topological polar surface area (TPSA) is 79.8 Å². The molecule has 1 aliphatic carbocycles. The van der Waals surface area contributed by atoms with Crippen LogP contribution in [0.15, 0.2) is 6.20 Å². The fourth-order valence-corrected chi connectivity index (χ4v) is 2.06. The highest BCUT2D eigenvalue weighted by molar-refractivity contribution is 6.33. The van der Waals surface area contributed by atoms with Crippen LogP contribution in [0.2, 0.25) is 5.02 Å². The lowest BCUT2D eigenvalue weighted by molar-refractivity contribution is -0.385. The third-order valence-electron chi connectivity index (χ3n) is 2.99. The molecular weight excluding hydrogens is 242 g/mol. The molecule has 0 spiro atoms. The molecule has 1 unspecified atom stereocenters. The maximum Gasteiger partial charge on any atom is 0.306 e. The molecule has 1 aromatic heterocycles. The first-order chi connectivity index (χ1) is 8.06. The maximum atomic E-state index is 10.7. The molecule has 1 aromatic rings. The molecule has 6 heteroatoms. The Morgan fingerprint density at radius 2 is 2.35 bits per heavy atom. The molecule has 0 amide bonds. The van der Waals surface area contributed by atoms with Gasteiger partial charge in [-0.25, -0.2) is 0 Å². The first kappa shape index (κ1) is 11.8. The summed E-state index contributed by atoms with van der Waals surface area (Å²) in [7, 11) is 0. The normalized spacial score (nSPS) is 16.3. The van der Waals surface area contributed by atoms with Crippen molar-refractivity contribution in [1.29, 1.82) is 5.26 Å². The average Bonchev–Trinajstić information content (AvgIpc) is 3.09. The van der Waals surface area contributed by atoms with E-state index in [9.17, 15) is 10.1 Å². The van der Waals surface area contributed by atoms with Crippen LogP contribution in [-0.2, 0) is 0 Å². The summed E-state index contributed by atoms with van der Waals surface area (Å²) in [6, 6.07) is 2.21. The first-order valence-electron chi connectivity index (χ1n) is 5.25. The van der Waals surface area contributed by atoms with Crippen molar-refractivity contribution in [2.75, 3.05) is 0 Å². The smallest absolute Gasteiger partial charge is 0.258 e. The number of aromatic nitrogens is 1. The van der Waals surface area contributed by atoms with Crippen molar-refractivity contribution in [2.24, 2.45) is 5.92 Å². The van der Waals surface area contributed by atoms with Crippen molar-refractivity contribution in [3.05, 3.63) is 32.6 Å². The minimum absolute atomic E-state index is 0.0842. The Hall–Kier alpha value is -1.67. The van der Waals surface area contributed by atoms with Gasteiger partial charge in [0.05, 0.1) is 22.6 Å². The molecule has 1 aliphatic rings. The monoisotopic (exact) mass is 251 g/mol. The van der Waals surface area contributed by atoms with E-state index in [0.29, 0.717) is 17.2 Å². The lowest BCUT2D eigenvalue weighted by atomic mass is 9.97. The molecule has 0 radical (unpaired) electrons. The van der Waals surface area contributed by atoms with Gasteiger partial charge in [-0.2, -0.15) is 5.26 Å². The lowest BCUT2D eigenvalue weighted by Crippen LogP contribution is -2.06. The van der Waals surface area contributed by atoms with Crippen molar-refractivity contribution < 1.29 is 4.92 Å². The van der Waals surface area contributed by atoms with Crippen LogP contribution >= 0.6 is 11.6 Å². The van der Waals surface area contributed by atoms with E-state index >= 15 is 0 Å². The van der Waals surface area contributed by atoms with Gasteiger partial charge in [-0.15, -0.1) is 0 Å². The molecule has 0 N–H and O–H groups in total. The minimum Gasteiger partial charge on any atom is -0.258 e. The molecule has 5 nitrogen and oxygen atoms in total. The molecule has 1 saturated carbocycles. The molecule has 2 rings (SSSR count). The Labute approximate surface area is 103 Å². The number of nitrogens with zero attached hydrogens (tertiary/aromatic N) is 3. The molecule has 0 aromatic carbocycles. The van der Waals surface area contributed by atoms with E-state index in [0.717, 1.165) is 19.0 Å². The SMILES string of the molecule is Cc1c(C(C#N)C2CC2)ncc([N+](=O)[O-])c1Cl. The second-order valence-electron chi connectivity index (χ2n) is 4.17. The van der Waals surface area contributed by atoms with Gasteiger partial charge >= 0.3 is 5.69 Å². The van der Waals surface area contributed by atoms with E-state index < -0.39 is 4.92 Å². The second kappa shape index (κ2) is 4.30. The second-order valence-corrected chi connectivity index (χ2v) is 4.55. The van der Waals surface area contributed by atoms with E-state index in [1.54, 1.807) is 6.92 Å². The van der Waals surface area contributed by atoms with Gasteiger partial charge in [-0.05, 0) is 31.2 Å². The summed E-state index contributed by atoms with van der Waals surface area (Å²) in [5, 5.41) is 19.9. The zero-order valence-corrected chi connectivity index (χ0v) is 9.94. The summed E-state index contributed by atoms with van der Waals surface area (Å²) in [4.78, 5) is 14.2. The highest BCUT2D eigenvalue weighted by Gasteiger charge is 2.35. The van der Waals surface area contributed by atoms with Gasteiger partial charge in [0.1, 0.15) is 11.2 Å². The van der Waals surface area contributed by atoms with Crippen molar-refractivity contribution in [3.8, 4) is 6.07 Å². The van der Waals surface area contributed by atoms with Gasteiger partial charge in [0.2, 0.25) is 0 Å². The fourth-order valence-electron chi connectivity index (χ4n) is 1.85. The number of pyridine rings is 1. The molecule has 1 fully saturated rings. The third kappa shape index (κ3) is 2.08. The number of nitriles is 1. The molecule has 1 heterocycles. The van der Waals surface area contributed by atoms with Crippen molar-refractivity contribution in [1.82, 2.24) is 4.98 Å². The molecular formula is C11H10ClN3O2. The predicted molar refractivity (Wildman–Crippen MR) is 61.7 cm³/mol. The zero-order valence-electron chi connectivity index (χ0n) is 9.18. The standard InChI is InChI=1S/C11H10ClN3O2/c1-6-10(12)9(15(16)17)5-14-11(6)8(4-13)7-2-3-7/h5,7-8H,2-3H2,1H3. The van der Waals surface area contributed by atoms with Gasteiger partial charge in [0, 0.05) is 0 Å². The molecule has 1 atom stereocenters. The minimum atomic E-state index is -0.565. The van der Waals surface area contributed by atoms with E-state index in [2.05, 4.69) is 11.1 Å². The van der Waals surface area contributed by atoms with Gasteiger partial charge in [0.15, 0.2) is 0 Å². The van der Waals surface area contributed by atoms with E-state index in [-0.39, 0.29) is 16.6 Å². The van der Waals surface area contributed by atoms with Crippen LogP contribution in [0.5, 0.6) is 0 Å². The van der Waals surface area contributed by atoms with Crippen LogP contribution in [-0.4, -0.2) is 9.91 Å². The molecule has 0 aliphatic heterocycles. The van der Waals surface area contributed by atoms with Crippen molar-refractivity contribution in [3.63, 3.8) is 0 Å². The Balaban J connectivity index is 2.46. The quantitative estimate of drug-likeness (QED) is 0.611. The number of hydrogen-bond donors (Lipinski definition) is 0. The molecule has 0 saturated heterocycles. The summed E-state index contributed by atoms with van der Waals surface area (Å²) in [5.74, 6) is 0.0250. The molecule has 0 bridgehead atoms. The summed E-state index contributed by atoms with van der Waals surface area (Å²) in [6.07, 6.45) is 3.15. The summed E-state index contributed by atoms with van der Waals surface area (Å²) >= 11 is 5.93. The summed E-state index contributed by atoms with van der Waals surface area (Å²) < 4.78 is 0. The molecule has 17 heavy (non-hydrogen) atoms. The summed E-state index contributed by atoms with van der Waals surface area (Å²) in [6.45, 7) is 1.67. The number of halogens is 1. The zero-order chi connectivity index (χ0) is 12.6. The molecule has 88 valence electrons. The van der Waals surface area contributed by atoms with E-state index in [4.69, 9.17) is 16.9 Å². The van der Waals surface area contributed by atoms with Crippen LogP contribution in [0.1, 0.15) is 30.0 Å². The van der Waals surface area contributed by atoms with Gasteiger partial charge in [-0.1, -0.05) is 11.6 Å². The fraction of sp³-hybridized carbons (Fsp3) is 0.455. The number of rotatable bonds is 3. The Bertz CT molecular complexity index is 520. The van der Waals surface area contributed by atoms with Gasteiger partial charge < -0.3 is 0 Å². The Kier molecular flexibility index (Phi) is 2.99. The predicted octanol–water partition coefficient (Wildman–Crippen LogP) is 2.97. The van der Waals surface area contributed by atoms with Crippen LogP contribution in [0, 0.1) is 34.3 Å². The highest BCUT2D eigenvalue weighted by Crippen LogP contribution is 2.44. The van der Waals surface area contributed by atoms with Crippen LogP contribution in [0.4, 0.5) is 5.69 Å². The summed E-state index contributed by atoms with van der Waals surface area (Å²) in [5.41, 5.74) is 0.908. The lowest BCUT2D eigenvalue weighted by Gasteiger charge is -2.11. The Morgan fingerprint density at radius 3 is 2.82 bits per heavy atom. The van der Waals surface area contributed by atoms with Gasteiger partial charge in [-0.3, -0.25) is 15.1 Å². The number of nitro groups is 1. The highest BCUT2D eigenvalue weighted by atomic mass is 35.5. The first-order valence-corrected chi connectivity index (χ1v) is 5.63. The Morgan fingerprint density at radius 1 is 1.71 bits per heavy atom. The van der Waals surface area contributed by atoms with E-state index in [1.165, 1.54) is 0 Å². The van der Waals surface area contributed by atoms with Crippen molar-refractivity contribution >= 4 is 17.3 Å². The van der Waals surface area contributed by atoms with Crippen LogP contribution in [0.25, 0.3) is 0 Å². The van der Waals surface area contributed by atoms with Crippen molar-refractivity contribution in [2.45, 2.75) is 25.7 Å². The van der Waals surface area contributed by atoms with Crippen LogP contribution in [0.3, 0.4) is 0 Å². The van der Waals surface area contributed by atoms with E-state index in [1.807, 2.05) is 0 Å².